The maximum Gasteiger partial charge on any atom is 0.0781 e. The van der Waals surface area contributed by atoms with Crippen LogP contribution in [0.3, 0.4) is 0 Å². The van der Waals surface area contributed by atoms with Crippen LogP contribution in [0.25, 0.3) is 10.6 Å². The highest BCUT2D eigenvalue weighted by Crippen LogP contribution is 2.25. The lowest BCUT2D eigenvalue weighted by molar-refractivity contribution is 0.764. The zero-order valence-electron chi connectivity index (χ0n) is 7.20. The van der Waals surface area contributed by atoms with E-state index in [4.69, 9.17) is 0 Å². The molecule has 2 aromatic rings. The number of aryl methyl sites for hydroxylation is 1. The molecule has 4 heteroatoms. The Labute approximate surface area is 89.3 Å². The van der Waals surface area contributed by atoms with Crippen LogP contribution in [0, 0.1) is 0 Å². The van der Waals surface area contributed by atoms with Crippen molar-refractivity contribution in [3.63, 3.8) is 0 Å². The number of rotatable bonds is 2. The van der Waals surface area contributed by atoms with E-state index in [0.29, 0.717) is 0 Å². The Kier molecular flexibility index (Phi) is 2.51. The molecule has 0 spiro atoms. The molecule has 0 saturated carbocycles. The summed E-state index contributed by atoms with van der Waals surface area (Å²) in [6, 6.07) is 6.28. The first-order valence-corrected chi connectivity index (χ1v) is 5.94. The molecule has 68 valence electrons. The molecule has 0 aliphatic rings. The van der Waals surface area contributed by atoms with Crippen LogP contribution < -0.4 is 0 Å². The molecule has 0 saturated heterocycles. The van der Waals surface area contributed by atoms with E-state index in [1.165, 1.54) is 10.6 Å². The summed E-state index contributed by atoms with van der Waals surface area (Å²) in [5, 5.41) is 7.25. The lowest BCUT2D eigenvalue weighted by atomic mass is 10.3. The molecule has 0 bridgehead atoms. The van der Waals surface area contributed by atoms with Gasteiger partial charge in [-0.1, -0.05) is 22.0 Å². The van der Waals surface area contributed by atoms with Gasteiger partial charge in [-0.2, -0.15) is 5.10 Å². The van der Waals surface area contributed by atoms with Crippen LogP contribution in [0.15, 0.2) is 23.6 Å². The molecule has 2 rings (SSSR count). The molecule has 0 fully saturated rings. The summed E-state index contributed by atoms with van der Waals surface area (Å²) in [4.78, 5) is 1.27. The fourth-order valence-corrected chi connectivity index (χ4v) is 2.29. The molecule has 0 aliphatic carbocycles. The SMILES string of the molecule is Cn1nc(CBr)cc1-c1cccs1. The maximum absolute atomic E-state index is 4.36. The Bertz CT molecular complexity index is 392. The van der Waals surface area contributed by atoms with Gasteiger partial charge in [-0.3, -0.25) is 4.68 Å². The molecule has 13 heavy (non-hydrogen) atoms. The Morgan fingerprint density at radius 3 is 3.00 bits per heavy atom. The third-order valence-electron chi connectivity index (χ3n) is 1.84. The summed E-state index contributed by atoms with van der Waals surface area (Å²) in [5.41, 5.74) is 2.26. The molecular formula is C9H9BrN2S. The van der Waals surface area contributed by atoms with Crippen LogP contribution >= 0.6 is 27.3 Å². The monoisotopic (exact) mass is 256 g/mol. The zero-order valence-corrected chi connectivity index (χ0v) is 9.60. The van der Waals surface area contributed by atoms with Crippen LogP contribution in [0.1, 0.15) is 5.69 Å². The van der Waals surface area contributed by atoms with E-state index in [-0.39, 0.29) is 0 Å². The highest BCUT2D eigenvalue weighted by molar-refractivity contribution is 9.08. The number of nitrogens with zero attached hydrogens (tertiary/aromatic N) is 2. The lowest BCUT2D eigenvalue weighted by Gasteiger charge is -1.95. The normalized spacial score (nSPS) is 10.6. The minimum absolute atomic E-state index is 0.812. The smallest absolute Gasteiger partial charge is 0.0781 e. The highest BCUT2D eigenvalue weighted by atomic mass is 79.9. The van der Waals surface area contributed by atoms with Crippen LogP contribution in [0.2, 0.25) is 0 Å². The van der Waals surface area contributed by atoms with Gasteiger partial charge in [-0.25, -0.2) is 0 Å². The Morgan fingerprint density at radius 2 is 2.46 bits per heavy atom. The van der Waals surface area contributed by atoms with Crippen LogP contribution in [0.4, 0.5) is 0 Å². The van der Waals surface area contributed by atoms with Gasteiger partial charge in [0.15, 0.2) is 0 Å². The Balaban J connectivity index is 2.46. The van der Waals surface area contributed by atoms with Gasteiger partial charge in [0.25, 0.3) is 0 Å². The van der Waals surface area contributed by atoms with Crippen molar-refractivity contribution in [2.24, 2.45) is 7.05 Å². The van der Waals surface area contributed by atoms with E-state index in [1.807, 2.05) is 11.7 Å². The second-order valence-corrected chi connectivity index (χ2v) is 4.26. The minimum atomic E-state index is 0.812. The lowest BCUT2D eigenvalue weighted by Crippen LogP contribution is -1.92. The molecule has 0 radical (unpaired) electrons. The van der Waals surface area contributed by atoms with Crippen molar-refractivity contribution in [3.8, 4) is 10.6 Å². The topological polar surface area (TPSA) is 17.8 Å². The van der Waals surface area contributed by atoms with E-state index >= 15 is 0 Å². The fraction of sp³-hybridized carbons (Fsp3) is 0.222. The summed E-state index contributed by atoms with van der Waals surface area (Å²) >= 11 is 5.13. The van der Waals surface area contributed by atoms with Crippen molar-refractivity contribution in [2.75, 3.05) is 0 Å². The van der Waals surface area contributed by atoms with Crippen molar-refractivity contribution in [1.82, 2.24) is 9.78 Å². The van der Waals surface area contributed by atoms with Gasteiger partial charge in [0.1, 0.15) is 0 Å². The van der Waals surface area contributed by atoms with Crippen LogP contribution in [-0.4, -0.2) is 9.78 Å². The molecule has 2 nitrogen and oxygen atoms in total. The molecule has 0 atom stereocenters. The Morgan fingerprint density at radius 1 is 1.62 bits per heavy atom. The summed E-state index contributed by atoms with van der Waals surface area (Å²) < 4.78 is 1.92. The first-order valence-electron chi connectivity index (χ1n) is 3.94. The summed E-state index contributed by atoms with van der Waals surface area (Å²) in [6.45, 7) is 0. The number of alkyl halides is 1. The summed E-state index contributed by atoms with van der Waals surface area (Å²) in [6.07, 6.45) is 0. The number of hydrogen-bond acceptors (Lipinski definition) is 2. The van der Waals surface area contributed by atoms with Crippen molar-refractivity contribution in [1.29, 1.82) is 0 Å². The number of halogens is 1. The third-order valence-corrected chi connectivity index (χ3v) is 3.31. The average molecular weight is 257 g/mol. The molecular weight excluding hydrogens is 248 g/mol. The van der Waals surface area contributed by atoms with Gasteiger partial charge < -0.3 is 0 Å². The zero-order chi connectivity index (χ0) is 9.26. The molecule has 0 aliphatic heterocycles. The minimum Gasteiger partial charge on any atom is -0.267 e. The largest absolute Gasteiger partial charge is 0.267 e. The number of thiophene rings is 1. The van der Waals surface area contributed by atoms with Gasteiger partial charge >= 0.3 is 0 Å². The van der Waals surface area contributed by atoms with E-state index < -0.39 is 0 Å². The van der Waals surface area contributed by atoms with Crippen molar-refractivity contribution >= 4 is 27.3 Å². The molecule has 0 N–H and O–H groups in total. The molecule has 0 amide bonds. The molecule has 0 unspecified atom stereocenters. The predicted molar refractivity (Wildman–Crippen MR) is 59.2 cm³/mol. The summed E-state index contributed by atoms with van der Waals surface area (Å²) in [5.74, 6) is 0. The quantitative estimate of drug-likeness (QED) is 0.756. The third kappa shape index (κ3) is 1.69. The standard InChI is InChI=1S/C9H9BrN2S/c1-12-8(5-7(6-10)11-12)9-3-2-4-13-9/h2-5H,6H2,1H3. The van der Waals surface area contributed by atoms with Gasteiger partial charge in [0.05, 0.1) is 16.3 Å². The number of aromatic nitrogens is 2. The predicted octanol–water partition coefficient (Wildman–Crippen LogP) is 3.04. The van der Waals surface area contributed by atoms with Crippen LogP contribution in [0.5, 0.6) is 0 Å². The van der Waals surface area contributed by atoms with Crippen molar-refractivity contribution in [3.05, 3.63) is 29.3 Å². The van der Waals surface area contributed by atoms with Gasteiger partial charge in [-0.05, 0) is 17.5 Å². The molecule has 2 heterocycles. The fourth-order valence-electron chi connectivity index (χ4n) is 1.25. The maximum atomic E-state index is 4.36. The second kappa shape index (κ2) is 3.64. The highest BCUT2D eigenvalue weighted by Gasteiger charge is 2.06. The first kappa shape index (κ1) is 8.97. The van der Waals surface area contributed by atoms with Crippen molar-refractivity contribution in [2.45, 2.75) is 5.33 Å². The molecule has 2 aromatic heterocycles. The van der Waals surface area contributed by atoms with E-state index in [1.54, 1.807) is 11.3 Å². The molecule has 0 aromatic carbocycles. The second-order valence-electron chi connectivity index (χ2n) is 2.76. The number of hydrogen-bond donors (Lipinski definition) is 0. The van der Waals surface area contributed by atoms with Crippen molar-refractivity contribution < 1.29 is 0 Å². The first-order chi connectivity index (χ1) is 6.31. The van der Waals surface area contributed by atoms with E-state index in [9.17, 15) is 0 Å². The van der Waals surface area contributed by atoms with Crippen LogP contribution in [-0.2, 0) is 12.4 Å². The Hall–Kier alpha value is -0.610. The van der Waals surface area contributed by atoms with E-state index in [2.05, 4.69) is 44.6 Å². The van der Waals surface area contributed by atoms with Gasteiger partial charge in [-0.15, -0.1) is 11.3 Å². The van der Waals surface area contributed by atoms with E-state index in [0.717, 1.165) is 11.0 Å². The van der Waals surface area contributed by atoms with Gasteiger partial charge in [0, 0.05) is 12.4 Å². The average Bonchev–Trinajstić information content (AvgIpc) is 2.72. The summed E-state index contributed by atoms with van der Waals surface area (Å²) in [7, 11) is 1.97. The van der Waals surface area contributed by atoms with Gasteiger partial charge in [0.2, 0.25) is 0 Å².